The second kappa shape index (κ2) is 5.45. The summed E-state index contributed by atoms with van der Waals surface area (Å²) in [6.07, 6.45) is 0. The second-order valence-corrected chi connectivity index (χ2v) is 5.71. The monoisotopic (exact) mass is 316 g/mol. The molecule has 24 heavy (non-hydrogen) atoms. The first-order valence-corrected chi connectivity index (χ1v) is 7.71. The van der Waals surface area contributed by atoms with Crippen molar-refractivity contribution in [2.24, 2.45) is 14.1 Å². The molecule has 0 fully saturated rings. The van der Waals surface area contributed by atoms with Crippen LogP contribution in [0.25, 0.3) is 33.4 Å². The van der Waals surface area contributed by atoms with Crippen LogP contribution in [0.3, 0.4) is 0 Å². The number of aryl methyl sites for hydroxylation is 2. The van der Waals surface area contributed by atoms with Gasteiger partial charge in [0.05, 0.1) is 11.1 Å². The first kappa shape index (κ1) is 14.4. The van der Waals surface area contributed by atoms with Crippen molar-refractivity contribution in [1.82, 2.24) is 19.6 Å². The van der Waals surface area contributed by atoms with Crippen LogP contribution in [-0.2, 0) is 14.1 Å². The van der Waals surface area contributed by atoms with Gasteiger partial charge in [-0.2, -0.15) is 10.2 Å². The molecule has 2 heterocycles. The molecule has 0 spiro atoms. The fourth-order valence-corrected chi connectivity index (χ4v) is 3.02. The molecule has 0 atom stereocenters. The van der Waals surface area contributed by atoms with Crippen LogP contribution in [0.15, 0.2) is 65.5 Å². The number of rotatable bonds is 2. The van der Waals surface area contributed by atoms with Gasteiger partial charge in [0.1, 0.15) is 5.69 Å². The van der Waals surface area contributed by atoms with Crippen molar-refractivity contribution < 1.29 is 0 Å². The molecule has 4 aromatic rings. The van der Waals surface area contributed by atoms with Crippen molar-refractivity contribution in [3.63, 3.8) is 0 Å². The number of nitrogens with zero attached hydrogens (tertiary/aromatic N) is 4. The second-order valence-electron chi connectivity index (χ2n) is 5.71. The normalized spacial score (nSPS) is 11.1. The van der Waals surface area contributed by atoms with E-state index in [1.165, 1.54) is 4.68 Å². The van der Waals surface area contributed by atoms with Gasteiger partial charge >= 0.3 is 0 Å². The average Bonchev–Trinajstić information content (AvgIpc) is 2.97. The van der Waals surface area contributed by atoms with Gasteiger partial charge in [-0.3, -0.25) is 9.48 Å². The fourth-order valence-electron chi connectivity index (χ4n) is 3.02. The molecular formula is C19H16N4O. The molecular weight excluding hydrogens is 300 g/mol. The molecule has 0 aliphatic carbocycles. The molecule has 2 aromatic carbocycles. The Kier molecular flexibility index (Phi) is 3.27. The minimum Gasteiger partial charge on any atom is -0.266 e. The minimum atomic E-state index is -0.192. The maximum atomic E-state index is 12.5. The Bertz CT molecular complexity index is 1080. The first-order chi connectivity index (χ1) is 11.7. The van der Waals surface area contributed by atoms with Crippen LogP contribution in [0, 0.1) is 0 Å². The summed E-state index contributed by atoms with van der Waals surface area (Å²) in [5, 5.41) is 9.79. The molecule has 0 aliphatic rings. The van der Waals surface area contributed by atoms with Crippen LogP contribution in [0.5, 0.6) is 0 Å². The van der Waals surface area contributed by atoms with Crippen molar-refractivity contribution in [3.8, 4) is 22.5 Å². The lowest BCUT2D eigenvalue weighted by molar-refractivity contribution is 0.717. The summed E-state index contributed by atoms with van der Waals surface area (Å²) in [5.74, 6) is 0. The largest absolute Gasteiger partial charge is 0.294 e. The van der Waals surface area contributed by atoms with Gasteiger partial charge in [-0.1, -0.05) is 60.7 Å². The van der Waals surface area contributed by atoms with Crippen molar-refractivity contribution in [2.75, 3.05) is 0 Å². The Labute approximate surface area is 138 Å². The lowest BCUT2D eigenvalue weighted by Crippen LogP contribution is -2.20. The van der Waals surface area contributed by atoms with Gasteiger partial charge in [0.25, 0.3) is 5.56 Å². The SMILES string of the molecule is Cn1nc2c(=O)n(C)nc(-c3ccccc3)c2c1-c1ccccc1. The van der Waals surface area contributed by atoms with E-state index in [2.05, 4.69) is 10.2 Å². The number of hydrogen-bond donors (Lipinski definition) is 0. The topological polar surface area (TPSA) is 52.7 Å². The Balaban J connectivity index is 2.17. The Morgan fingerprint density at radius 3 is 1.96 bits per heavy atom. The van der Waals surface area contributed by atoms with Gasteiger partial charge < -0.3 is 0 Å². The molecule has 118 valence electrons. The van der Waals surface area contributed by atoms with Crippen LogP contribution in [0.4, 0.5) is 0 Å². The summed E-state index contributed by atoms with van der Waals surface area (Å²) in [4.78, 5) is 12.5. The van der Waals surface area contributed by atoms with Gasteiger partial charge in [0.15, 0.2) is 5.52 Å². The highest BCUT2D eigenvalue weighted by atomic mass is 16.1. The van der Waals surface area contributed by atoms with Crippen LogP contribution >= 0.6 is 0 Å². The van der Waals surface area contributed by atoms with E-state index < -0.39 is 0 Å². The highest BCUT2D eigenvalue weighted by Crippen LogP contribution is 2.33. The summed E-state index contributed by atoms with van der Waals surface area (Å²) < 4.78 is 3.11. The van der Waals surface area contributed by atoms with E-state index in [0.29, 0.717) is 5.52 Å². The van der Waals surface area contributed by atoms with Crippen LogP contribution in [-0.4, -0.2) is 19.6 Å². The summed E-state index contributed by atoms with van der Waals surface area (Å²) in [7, 11) is 3.52. The minimum absolute atomic E-state index is 0.192. The summed E-state index contributed by atoms with van der Waals surface area (Å²) in [6.45, 7) is 0. The molecule has 0 N–H and O–H groups in total. The number of aromatic nitrogens is 4. The summed E-state index contributed by atoms with van der Waals surface area (Å²) in [5.41, 5.74) is 3.88. The first-order valence-electron chi connectivity index (χ1n) is 7.71. The average molecular weight is 316 g/mol. The third-order valence-corrected chi connectivity index (χ3v) is 4.12. The lowest BCUT2D eigenvalue weighted by Gasteiger charge is -2.08. The van der Waals surface area contributed by atoms with E-state index in [1.54, 1.807) is 11.7 Å². The van der Waals surface area contributed by atoms with Gasteiger partial charge in [-0.05, 0) is 0 Å². The molecule has 0 bridgehead atoms. The molecule has 0 saturated heterocycles. The van der Waals surface area contributed by atoms with Crippen molar-refractivity contribution >= 4 is 10.9 Å². The molecule has 0 amide bonds. The molecule has 0 saturated carbocycles. The number of hydrogen-bond acceptors (Lipinski definition) is 3. The molecule has 0 radical (unpaired) electrons. The Hall–Kier alpha value is -3.21. The standard InChI is InChI=1S/C19H16N4O/c1-22-18(14-11-7-4-8-12-14)15-16(13-9-5-3-6-10-13)20-23(2)19(24)17(15)21-22/h3-12H,1-2H3. The number of benzene rings is 2. The highest BCUT2D eigenvalue weighted by molar-refractivity contribution is 6.02. The molecule has 5 heteroatoms. The van der Waals surface area contributed by atoms with Crippen molar-refractivity contribution in [1.29, 1.82) is 0 Å². The van der Waals surface area contributed by atoms with Crippen molar-refractivity contribution in [3.05, 3.63) is 71.0 Å². The third kappa shape index (κ3) is 2.13. The molecule has 0 aliphatic heterocycles. The molecule has 5 nitrogen and oxygen atoms in total. The maximum absolute atomic E-state index is 12.5. The molecule has 0 unspecified atom stereocenters. The van der Waals surface area contributed by atoms with E-state index in [1.807, 2.05) is 67.7 Å². The Morgan fingerprint density at radius 1 is 0.750 bits per heavy atom. The van der Waals surface area contributed by atoms with Gasteiger partial charge in [-0.25, -0.2) is 4.68 Å². The zero-order valence-corrected chi connectivity index (χ0v) is 13.5. The van der Waals surface area contributed by atoms with Crippen molar-refractivity contribution in [2.45, 2.75) is 0 Å². The lowest BCUT2D eigenvalue weighted by atomic mass is 10.0. The summed E-state index contributed by atoms with van der Waals surface area (Å²) in [6, 6.07) is 19.8. The predicted molar refractivity (Wildman–Crippen MR) is 94.6 cm³/mol. The quantitative estimate of drug-likeness (QED) is 0.571. The predicted octanol–water partition coefficient (Wildman–Crippen LogP) is 3.00. The molecule has 4 rings (SSSR count). The highest BCUT2D eigenvalue weighted by Gasteiger charge is 2.20. The van der Waals surface area contributed by atoms with E-state index in [-0.39, 0.29) is 5.56 Å². The van der Waals surface area contributed by atoms with E-state index in [4.69, 9.17) is 0 Å². The maximum Gasteiger partial charge on any atom is 0.294 e. The Morgan fingerprint density at radius 2 is 1.33 bits per heavy atom. The van der Waals surface area contributed by atoms with Gasteiger partial charge in [-0.15, -0.1) is 0 Å². The number of fused-ring (bicyclic) bond motifs is 1. The smallest absolute Gasteiger partial charge is 0.266 e. The van der Waals surface area contributed by atoms with Crippen LogP contribution < -0.4 is 5.56 Å². The van der Waals surface area contributed by atoms with E-state index in [9.17, 15) is 4.79 Å². The van der Waals surface area contributed by atoms with Crippen LogP contribution in [0.2, 0.25) is 0 Å². The van der Waals surface area contributed by atoms with E-state index >= 15 is 0 Å². The zero-order chi connectivity index (χ0) is 16.7. The third-order valence-electron chi connectivity index (χ3n) is 4.12. The molecule has 2 aromatic heterocycles. The van der Waals surface area contributed by atoms with E-state index in [0.717, 1.165) is 27.9 Å². The van der Waals surface area contributed by atoms with Gasteiger partial charge in [0.2, 0.25) is 0 Å². The van der Waals surface area contributed by atoms with Gasteiger partial charge in [0, 0.05) is 25.2 Å². The van der Waals surface area contributed by atoms with Crippen LogP contribution in [0.1, 0.15) is 0 Å². The fraction of sp³-hybridized carbons (Fsp3) is 0.105. The summed E-state index contributed by atoms with van der Waals surface area (Å²) >= 11 is 0. The zero-order valence-electron chi connectivity index (χ0n) is 13.5.